The lowest BCUT2D eigenvalue weighted by atomic mass is 10.2. The molecule has 4 nitrogen and oxygen atoms in total. The number of anilines is 2. The highest BCUT2D eigenvalue weighted by atomic mass is 32.1. The number of thiazole rings is 1. The van der Waals surface area contributed by atoms with E-state index in [0.29, 0.717) is 5.69 Å². The van der Waals surface area contributed by atoms with E-state index in [2.05, 4.69) is 10.3 Å². The predicted molar refractivity (Wildman–Crippen MR) is 78.1 cm³/mol. The molecule has 0 saturated heterocycles. The van der Waals surface area contributed by atoms with E-state index in [1.807, 2.05) is 41.5 Å². The summed E-state index contributed by atoms with van der Waals surface area (Å²) in [6.07, 6.45) is 0.934. The van der Waals surface area contributed by atoms with Crippen LogP contribution in [0.1, 0.15) is 21.9 Å². The fourth-order valence-electron chi connectivity index (χ4n) is 2.25. The summed E-state index contributed by atoms with van der Waals surface area (Å²) in [6, 6.07) is 7.92. The molecule has 1 aromatic heterocycles. The molecule has 0 fully saturated rings. The van der Waals surface area contributed by atoms with Crippen LogP contribution in [0.2, 0.25) is 0 Å². The highest BCUT2D eigenvalue weighted by Gasteiger charge is 2.23. The Balaban J connectivity index is 1.98. The van der Waals surface area contributed by atoms with Gasteiger partial charge in [0, 0.05) is 18.5 Å². The van der Waals surface area contributed by atoms with Crippen LogP contribution >= 0.6 is 11.3 Å². The monoisotopic (exact) mass is 273 g/mol. The predicted octanol–water partition coefficient (Wildman–Crippen LogP) is 2.91. The number of para-hydroxylation sites is 2. The number of carbonyl (C=O) groups excluding carboxylic acids is 1. The van der Waals surface area contributed by atoms with Gasteiger partial charge in [-0.1, -0.05) is 12.1 Å². The normalized spacial score (nSPS) is 14.5. The second kappa shape index (κ2) is 5.01. The lowest BCUT2D eigenvalue weighted by Crippen LogP contribution is -2.31. The number of amides is 1. The number of hydrogen-bond acceptors (Lipinski definition) is 4. The largest absolute Gasteiger partial charge is 0.383 e. The van der Waals surface area contributed by atoms with Gasteiger partial charge in [-0.05, 0) is 25.5 Å². The Labute approximate surface area is 116 Å². The Bertz CT molecular complexity index is 608. The number of nitrogens with one attached hydrogen (secondary N) is 1. The van der Waals surface area contributed by atoms with Crippen molar-refractivity contribution in [3.05, 3.63) is 40.3 Å². The van der Waals surface area contributed by atoms with E-state index in [4.69, 9.17) is 0 Å². The number of hydrogen-bond donors (Lipinski definition) is 1. The summed E-state index contributed by atoms with van der Waals surface area (Å²) in [7, 11) is 0. The first-order chi connectivity index (χ1) is 9.25. The molecule has 0 saturated carbocycles. The quantitative estimate of drug-likeness (QED) is 0.869. The lowest BCUT2D eigenvalue weighted by Gasteiger charge is -2.21. The average molecular weight is 273 g/mol. The standard InChI is InChI=1S/C14H15N3OS/c1-10-16-12(9-19-10)14(18)17-8-4-7-15-11-5-2-3-6-13(11)17/h2-3,5-6,9,15H,4,7-8H2,1H3. The van der Waals surface area contributed by atoms with E-state index in [1.54, 1.807) is 0 Å². The van der Waals surface area contributed by atoms with Crippen molar-refractivity contribution < 1.29 is 4.79 Å². The van der Waals surface area contributed by atoms with E-state index in [9.17, 15) is 4.79 Å². The minimum absolute atomic E-state index is 0.0134. The molecule has 0 spiro atoms. The molecule has 1 aliphatic rings. The lowest BCUT2D eigenvalue weighted by molar-refractivity contribution is 0.0983. The topological polar surface area (TPSA) is 45.2 Å². The van der Waals surface area contributed by atoms with Crippen LogP contribution in [0.4, 0.5) is 11.4 Å². The van der Waals surface area contributed by atoms with Crippen molar-refractivity contribution >= 4 is 28.6 Å². The third-order valence-corrected chi connectivity index (χ3v) is 3.93. The Kier molecular flexibility index (Phi) is 3.21. The van der Waals surface area contributed by atoms with Crippen molar-refractivity contribution in [3.8, 4) is 0 Å². The second-order valence-electron chi connectivity index (χ2n) is 4.51. The van der Waals surface area contributed by atoms with E-state index in [0.717, 1.165) is 35.9 Å². The molecule has 2 aromatic rings. The van der Waals surface area contributed by atoms with E-state index < -0.39 is 0 Å². The third kappa shape index (κ3) is 2.33. The zero-order valence-corrected chi connectivity index (χ0v) is 11.5. The van der Waals surface area contributed by atoms with Gasteiger partial charge >= 0.3 is 0 Å². The molecule has 3 rings (SSSR count). The molecule has 0 bridgehead atoms. The molecule has 5 heteroatoms. The molecular weight excluding hydrogens is 258 g/mol. The van der Waals surface area contributed by atoms with Gasteiger partial charge in [-0.15, -0.1) is 11.3 Å². The molecule has 0 radical (unpaired) electrons. The average Bonchev–Trinajstić information content (AvgIpc) is 2.74. The van der Waals surface area contributed by atoms with Gasteiger partial charge in [0.15, 0.2) is 0 Å². The van der Waals surface area contributed by atoms with Crippen molar-refractivity contribution in [1.29, 1.82) is 0 Å². The SMILES string of the molecule is Cc1nc(C(=O)N2CCCNc3ccccc32)cs1. The Morgan fingerprint density at radius 3 is 3.05 bits per heavy atom. The van der Waals surface area contributed by atoms with Gasteiger partial charge in [0.1, 0.15) is 5.69 Å². The van der Waals surface area contributed by atoms with E-state index in [-0.39, 0.29) is 5.91 Å². The zero-order chi connectivity index (χ0) is 13.2. The summed E-state index contributed by atoms with van der Waals surface area (Å²) in [6.45, 7) is 3.52. The number of benzene rings is 1. The van der Waals surface area contributed by atoms with Gasteiger partial charge < -0.3 is 10.2 Å². The Morgan fingerprint density at radius 2 is 2.26 bits per heavy atom. The van der Waals surface area contributed by atoms with Gasteiger partial charge in [0.05, 0.1) is 16.4 Å². The molecule has 1 N–H and O–H groups in total. The van der Waals surface area contributed by atoms with Crippen molar-refractivity contribution in [2.75, 3.05) is 23.3 Å². The van der Waals surface area contributed by atoms with Crippen LogP contribution in [-0.4, -0.2) is 24.0 Å². The van der Waals surface area contributed by atoms with Crippen molar-refractivity contribution in [1.82, 2.24) is 4.98 Å². The van der Waals surface area contributed by atoms with Crippen LogP contribution in [0, 0.1) is 6.92 Å². The summed E-state index contributed by atoms with van der Waals surface area (Å²) >= 11 is 1.51. The molecule has 98 valence electrons. The van der Waals surface area contributed by atoms with Crippen LogP contribution in [0.3, 0.4) is 0 Å². The minimum Gasteiger partial charge on any atom is -0.383 e. The van der Waals surface area contributed by atoms with Gasteiger partial charge in [-0.2, -0.15) is 0 Å². The molecule has 0 atom stereocenters. The summed E-state index contributed by atoms with van der Waals surface area (Å²) in [5.74, 6) is -0.0134. The van der Waals surface area contributed by atoms with Crippen molar-refractivity contribution in [2.24, 2.45) is 0 Å². The first-order valence-corrected chi connectivity index (χ1v) is 7.20. The summed E-state index contributed by atoms with van der Waals surface area (Å²) in [5, 5.41) is 6.11. The maximum absolute atomic E-state index is 12.6. The van der Waals surface area contributed by atoms with Crippen LogP contribution < -0.4 is 10.2 Å². The molecule has 0 unspecified atom stereocenters. The third-order valence-electron chi connectivity index (χ3n) is 3.15. The number of rotatable bonds is 1. The molecule has 1 amide bonds. The van der Waals surface area contributed by atoms with Crippen LogP contribution in [-0.2, 0) is 0 Å². The Morgan fingerprint density at radius 1 is 1.42 bits per heavy atom. The highest BCUT2D eigenvalue weighted by Crippen LogP contribution is 2.29. The summed E-state index contributed by atoms with van der Waals surface area (Å²) in [4.78, 5) is 18.7. The maximum atomic E-state index is 12.6. The van der Waals surface area contributed by atoms with Crippen LogP contribution in [0.15, 0.2) is 29.6 Å². The summed E-state index contributed by atoms with van der Waals surface area (Å²) < 4.78 is 0. The van der Waals surface area contributed by atoms with Gasteiger partial charge in [-0.3, -0.25) is 4.79 Å². The van der Waals surface area contributed by atoms with Crippen LogP contribution in [0.5, 0.6) is 0 Å². The summed E-state index contributed by atoms with van der Waals surface area (Å²) in [5.41, 5.74) is 2.50. The second-order valence-corrected chi connectivity index (χ2v) is 5.57. The first kappa shape index (κ1) is 12.2. The minimum atomic E-state index is -0.0134. The zero-order valence-electron chi connectivity index (χ0n) is 10.7. The molecule has 1 aliphatic heterocycles. The highest BCUT2D eigenvalue weighted by molar-refractivity contribution is 7.09. The molecule has 2 heterocycles. The van der Waals surface area contributed by atoms with Crippen molar-refractivity contribution in [2.45, 2.75) is 13.3 Å². The van der Waals surface area contributed by atoms with Gasteiger partial charge in [0.25, 0.3) is 5.91 Å². The van der Waals surface area contributed by atoms with E-state index >= 15 is 0 Å². The first-order valence-electron chi connectivity index (χ1n) is 6.32. The fraction of sp³-hybridized carbons (Fsp3) is 0.286. The van der Waals surface area contributed by atoms with Gasteiger partial charge in [-0.25, -0.2) is 4.98 Å². The molecule has 19 heavy (non-hydrogen) atoms. The number of fused-ring (bicyclic) bond motifs is 1. The molecular formula is C14H15N3OS. The molecule has 1 aromatic carbocycles. The number of aromatic nitrogens is 1. The van der Waals surface area contributed by atoms with Gasteiger partial charge in [0.2, 0.25) is 0 Å². The van der Waals surface area contributed by atoms with Crippen molar-refractivity contribution in [3.63, 3.8) is 0 Å². The number of carbonyl (C=O) groups is 1. The fourth-order valence-corrected chi connectivity index (χ4v) is 2.84. The smallest absolute Gasteiger partial charge is 0.277 e. The number of aryl methyl sites for hydroxylation is 1. The maximum Gasteiger partial charge on any atom is 0.277 e. The number of nitrogens with zero attached hydrogens (tertiary/aromatic N) is 2. The van der Waals surface area contributed by atoms with Crippen LogP contribution in [0.25, 0.3) is 0 Å². The van der Waals surface area contributed by atoms with E-state index in [1.165, 1.54) is 11.3 Å². The Hall–Kier alpha value is -1.88. The molecule has 0 aliphatic carbocycles.